The van der Waals surface area contributed by atoms with Gasteiger partial charge in [-0.3, -0.25) is 14.9 Å². The van der Waals surface area contributed by atoms with Crippen molar-refractivity contribution in [2.75, 3.05) is 7.11 Å². The number of benzene rings is 1. The van der Waals surface area contributed by atoms with Crippen LogP contribution in [-0.4, -0.2) is 19.0 Å². The molecule has 0 unspecified atom stereocenters. The highest BCUT2D eigenvalue weighted by Crippen LogP contribution is 2.10. The predicted octanol–water partition coefficient (Wildman–Crippen LogP) is 2.10. The highest BCUT2D eigenvalue weighted by molar-refractivity contribution is 6.28. The number of nitrogens with zero attached hydrogens (tertiary/aromatic N) is 1. The first-order chi connectivity index (χ1) is 7.71. The summed E-state index contributed by atoms with van der Waals surface area (Å²) in [6.07, 6.45) is 0. The summed E-state index contributed by atoms with van der Waals surface area (Å²) in [7, 11) is 1.55. The van der Waals surface area contributed by atoms with Crippen molar-refractivity contribution >= 4 is 47.8 Å². The first-order valence-electron chi connectivity index (χ1n) is 4.22. The third-order valence-corrected chi connectivity index (χ3v) is 2.11. The minimum atomic E-state index is -0.379. The Morgan fingerprint density at radius 3 is 2.35 bits per heavy atom. The van der Waals surface area contributed by atoms with Crippen LogP contribution in [0.1, 0.15) is 10.4 Å². The molecule has 94 valence electrons. The molecule has 8 heteroatoms. The molecule has 0 bridgehead atoms. The summed E-state index contributed by atoms with van der Waals surface area (Å²) in [6.45, 7) is 0. The van der Waals surface area contributed by atoms with E-state index in [1.54, 1.807) is 31.4 Å². The second-order valence-corrected chi connectivity index (χ2v) is 3.07. The number of hydrogen-bond donors (Lipinski definition) is 2. The zero-order valence-electron chi connectivity index (χ0n) is 8.74. The van der Waals surface area contributed by atoms with Crippen LogP contribution in [0.2, 0.25) is 0 Å². The lowest BCUT2D eigenvalue weighted by molar-refractivity contribution is 0.0976. The average Bonchev–Trinajstić information content (AvgIpc) is 2.35. The molecular formula is C9H10Cl3N3O2. The standard InChI is InChI=1S/C9H9Cl2N3O2.ClH/c1-16-7-4-2-6(3-5-7)8(15)12-9(13-10)14-11;/h2-5H,1H3,(H2,12,13,14,15);1H. The average molecular weight is 299 g/mol. The molecule has 1 aromatic carbocycles. The number of nitrogens with one attached hydrogen (secondary N) is 2. The molecule has 17 heavy (non-hydrogen) atoms. The molecule has 0 saturated carbocycles. The molecule has 0 heterocycles. The van der Waals surface area contributed by atoms with Gasteiger partial charge in [0, 0.05) is 29.1 Å². The number of rotatable bonds is 2. The van der Waals surface area contributed by atoms with Crippen LogP contribution < -0.4 is 14.9 Å². The zero-order chi connectivity index (χ0) is 12.0. The van der Waals surface area contributed by atoms with Crippen LogP contribution in [0.4, 0.5) is 0 Å². The Morgan fingerprint density at radius 1 is 1.35 bits per heavy atom. The first-order valence-corrected chi connectivity index (χ1v) is 4.94. The van der Waals surface area contributed by atoms with Gasteiger partial charge in [-0.1, -0.05) is 0 Å². The van der Waals surface area contributed by atoms with Gasteiger partial charge in [-0.25, -0.2) is 0 Å². The topological polar surface area (TPSA) is 62.7 Å². The quantitative estimate of drug-likeness (QED) is 0.499. The number of amides is 1. The van der Waals surface area contributed by atoms with Crippen molar-refractivity contribution in [2.24, 2.45) is 4.51 Å². The molecule has 2 N–H and O–H groups in total. The second-order valence-electron chi connectivity index (χ2n) is 2.71. The third kappa shape index (κ3) is 4.68. The summed E-state index contributed by atoms with van der Waals surface area (Å²) in [5.41, 5.74) is 0.436. The number of ether oxygens (including phenoxy) is 1. The molecule has 0 radical (unpaired) electrons. The number of halogens is 3. The van der Waals surface area contributed by atoms with E-state index in [-0.39, 0.29) is 24.3 Å². The second kappa shape index (κ2) is 8.00. The Labute approximate surface area is 115 Å². The minimum absolute atomic E-state index is 0. The smallest absolute Gasteiger partial charge is 0.258 e. The van der Waals surface area contributed by atoms with E-state index in [0.29, 0.717) is 11.3 Å². The summed E-state index contributed by atoms with van der Waals surface area (Å²) in [5.74, 6) is 0.248. The zero-order valence-corrected chi connectivity index (χ0v) is 11.1. The van der Waals surface area contributed by atoms with Gasteiger partial charge in [0.1, 0.15) is 5.75 Å². The van der Waals surface area contributed by atoms with E-state index in [2.05, 4.69) is 14.7 Å². The van der Waals surface area contributed by atoms with Crippen molar-refractivity contribution in [2.45, 2.75) is 0 Å². The maximum absolute atomic E-state index is 11.6. The van der Waals surface area contributed by atoms with E-state index in [1.807, 2.05) is 0 Å². The molecule has 0 aliphatic heterocycles. The fraction of sp³-hybridized carbons (Fsp3) is 0.111. The van der Waals surface area contributed by atoms with Gasteiger partial charge in [0.15, 0.2) is 0 Å². The predicted molar refractivity (Wildman–Crippen MR) is 70.0 cm³/mol. The third-order valence-electron chi connectivity index (χ3n) is 1.76. The maximum atomic E-state index is 11.6. The molecule has 0 spiro atoms. The van der Waals surface area contributed by atoms with E-state index in [0.717, 1.165) is 0 Å². The van der Waals surface area contributed by atoms with Crippen LogP contribution in [-0.2, 0) is 0 Å². The molecule has 0 saturated heterocycles. The van der Waals surface area contributed by atoms with Gasteiger partial charge in [0.25, 0.3) is 5.91 Å². The van der Waals surface area contributed by atoms with Crippen LogP contribution in [0.25, 0.3) is 0 Å². The number of guanidine groups is 1. The SMILES string of the molecule is COc1ccc(C(=O)NC(=NCl)NCl)cc1.Cl. The molecular weight excluding hydrogens is 288 g/mol. The highest BCUT2D eigenvalue weighted by atomic mass is 35.5. The maximum Gasteiger partial charge on any atom is 0.258 e. The summed E-state index contributed by atoms with van der Waals surface area (Å²) < 4.78 is 8.16. The molecule has 1 rings (SSSR count). The van der Waals surface area contributed by atoms with Crippen molar-refractivity contribution in [1.29, 1.82) is 0 Å². The summed E-state index contributed by atoms with van der Waals surface area (Å²) in [5, 5.41) is 2.37. The fourth-order valence-electron chi connectivity index (χ4n) is 0.983. The number of carbonyl (C=O) groups is 1. The molecule has 5 nitrogen and oxygen atoms in total. The van der Waals surface area contributed by atoms with Crippen LogP contribution in [0, 0.1) is 0 Å². The molecule has 1 amide bonds. The Kier molecular flexibility index (Phi) is 7.45. The number of methoxy groups -OCH3 is 1. The Bertz CT molecular complexity index is 395. The molecule has 0 aliphatic carbocycles. The summed E-state index contributed by atoms with van der Waals surface area (Å²) in [4.78, 5) is 13.7. The van der Waals surface area contributed by atoms with Gasteiger partial charge in [-0.05, 0) is 24.3 Å². The van der Waals surface area contributed by atoms with Gasteiger partial charge in [0.2, 0.25) is 5.96 Å². The van der Waals surface area contributed by atoms with E-state index in [4.69, 9.17) is 28.3 Å². The van der Waals surface area contributed by atoms with E-state index in [1.165, 1.54) is 0 Å². The van der Waals surface area contributed by atoms with Gasteiger partial charge < -0.3 is 4.74 Å². The Hall–Kier alpha value is -1.17. The van der Waals surface area contributed by atoms with Gasteiger partial charge >= 0.3 is 0 Å². The summed E-state index contributed by atoms with van der Waals surface area (Å²) >= 11 is 10.4. The van der Waals surface area contributed by atoms with Crippen LogP contribution in [0.3, 0.4) is 0 Å². The lowest BCUT2D eigenvalue weighted by atomic mass is 10.2. The van der Waals surface area contributed by atoms with Crippen molar-refractivity contribution in [3.63, 3.8) is 0 Å². The highest BCUT2D eigenvalue weighted by Gasteiger charge is 2.08. The monoisotopic (exact) mass is 297 g/mol. The van der Waals surface area contributed by atoms with Crippen LogP contribution >= 0.6 is 36.0 Å². The first kappa shape index (κ1) is 15.8. The van der Waals surface area contributed by atoms with Gasteiger partial charge in [0.05, 0.1) is 7.11 Å². The fourth-order valence-corrected chi connectivity index (χ4v) is 1.20. The lowest BCUT2D eigenvalue weighted by Gasteiger charge is -2.05. The van der Waals surface area contributed by atoms with Crippen LogP contribution in [0.5, 0.6) is 5.75 Å². The summed E-state index contributed by atoms with van der Waals surface area (Å²) in [6, 6.07) is 6.55. The Balaban J connectivity index is 0.00000256. The largest absolute Gasteiger partial charge is 0.497 e. The molecule has 0 fully saturated rings. The number of hydrogen-bond acceptors (Lipinski definition) is 3. The van der Waals surface area contributed by atoms with E-state index < -0.39 is 0 Å². The number of carbonyl (C=O) groups excluding carboxylic acids is 1. The molecule has 1 aromatic rings. The minimum Gasteiger partial charge on any atom is -0.497 e. The van der Waals surface area contributed by atoms with Crippen molar-refractivity contribution < 1.29 is 9.53 Å². The Morgan fingerprint density at radius 2 is 1.94 bits per heavy atom. The van der Waals surface area contributed by atoms with Crippen LogP contribution in [0.15, 0.2) is 28.8 Å². The molecule has 0 aliphatic rings. The van der Waals surface area contributed by atoms with Crippen molar-refractivity contribution in [3.05, 3.63) is 29.8 Å². The van der Waals surface area contributed by atoms with Gasteiger partial charge in [-0.2, -0.15) is 0 Å². The lowest BCUT2D eigenvalue weighted by Crippen LogP contribution is -2.36. The van der Waals surface area contributed by atoms with E-state index >= 15 is 0 Å². The molecule has 0 aromatic heterocycles. The van der Waals surface area contributed by atoms with Gasteiger partial charge in [-0.15, -0.1) is 16.9 Å². The van der Waals surface area contributed by atoms with Crippen molar-refractivity contribution in [1.82, 2.24) is 10.2 Å². The van der Waals surface area contributed by atoms with E-state index in [9.17, 15) is 4.79 Å². The normalized spacial score (nSPS) is 10.2. The van der Waals surface area contributed by atoms with Crippen molar-refractivity contribution in [3.8, 4) is 5.75 Å². The molecule has 0 atom stereocenters.